The summed E-state index contributed by atoms with van der Waals surface area (Å²) in [7, 11) is 0. The molecule has 0 spiro atoms. The number of rotatable bonds is 2. The molecule has 0 saturated heterocycles. The van der Waals surface area contributed by atoms with Gasteiger partial charge in [-0.3, -0.25) is 0 Å². The molecule has 2 atom stereocenters. The Morgan fingerprint density at radius 1 is 0.885 bits per heavy atom. The van der Waals surface area contributed by atoms with Crippen LogP contribution in [-0.2, 0) is 0 Å². The van der Waals surface area contributed by atoms with Gasteiger partial charge in [0, 0.05) is 0 Å². The Hall–Kier alpha value is -3.07. The van der Waals surface area contributed by atoms with Crippen LogP contribution in [0.4, 0.5) is 5.95 Å². The topological polar surface area (TPSA) is 29.9 Å². The fourth-order valence-corrected chi connectivity index (χ4v) is 4.07. The lowest BCUT2D eigenvalue weighted by molar-refractivity contribution is 0.477. The van der Waals surface area contributed by atoms with Gasteiger partial charge in [0.25, 0.3) is 0 Å². The van der Waals surface area contributed by atoms with Crippen molar-refractivity contribution < 1.29 is 0 Å². The number of nitrogens with one attached hydrogen (secondary N) is 1. The zero-order valence-corrected chi connectivity index (χ0v) is 14.8. The Morgan fingerprint density at radius 3 is 2.50 bits per heavy atom. The van der Waals surface area contributed by atoms with E-state index in [0.29, 0.717) is 0 Å². The van der Waals surface area contributed by atoms with Gasteiger partial charge in [0.2, 0.25) is 5.95 Å². The largest absolute Gasteiger partial charge is 0.349 e. The van der Waals surface area contributed by atoms with Gasteiger partial charge in [0.15, 0.2) is 0 Å². The normalized spacial score (nSPS) is 19.1. The molecule has 1 aromatic heterocycles. The summed E-state index contributed by atoms with van der Waals surface area (Å²) in [5.41, 5.74) is 6.18. The fraction of sp³-hybridized carbons (Fsp3) is 0.174. The van der Waals surface area contributed by atoms with E-state index >= 15 is 0 Å². The molecule has 2 heterocycles. The standard InChI is InChI=1S/C23H21N3/c1-16-8-7-11-18(14-16)22-15-20(17-9-3-2-4-10-17)25-23-24-19-12-5-6-13-21(19)26(22)23/h2-14,20,22H,15H2,1H3,(H,24,25). The third-order valence-corrected chi connectivity index (χ3v) is 5.30. The Labute approximate surface area is 153 Å². The predicted molar refractivity (Wildman–Crippen MR) is 106 cm³/mol. The van der Waals surface area contributed by atoms with Crippen LogP contribution >= 0.6 is 0 Å². The number of imidazole rings is 1. The zero-order valence-electron chi connectivity index (χ0n) is 14.8. The van der Waals surface area contributed by atoms with Crippen molar-refractivity contribution in [1.82, 2.24) is 9.55 Å². The van der Waals surface area contributed by atoms with E-state index in [4.69, 9.17) is 4.98 Å². The Morgan fingerprint density at radius 2 is 1.65 bits per heavy atom. The van der Waals surface area contributed by atoms with E-state index in [1.807, 2.05) is 0 Å². The lowest BCUT2D eigenvalue weighted by atomic mass is 9.92. The van der Waals surface area contributed by atoms with Crippen LogP contribution in [-0.4, -0.2) is 9.55 Å². The maximum absolute atomic E-state index is 4.88. The average molecular weight is 339 g/mol. The molecule has 3 aromatic carbocycles. The number of nitrogens with zero attached hydrogens (tertiary/aromatic N) is 2. The van der Waals surface area contributed by atoms with Gasteiger partial charge in [0.1, 0.15) is 0 Å². The molecule has 0 saturated carbocycles. The average Bonchev–Trinajstić information content (AvgIpc) is 3.06. The monoisotopic (exact) mass is 339 g/mol. The van der Waals surface area contributed by atoms with Crippen molar-refractivity contribution in [2.24, 2.45) is 0 Å². The summed E-state index contributed by atoms with van der Waals surface area (Å²) in [6.07, 6.45) is 1.00. The van der Waals surface area contributed by atoms with Gasteiger partial charge in [-0.05, 0) is 36.6 Å². The molecule has 0 fully saturated rings. The SMILES string of the molecule is Cc1cccc(C2CC(c3ccccc3)Nc3nc4ccccc4n32)c1. The molecule has 128 valence electrons. The number of fused-ring (bicyclic) bond motifs is 3. The Balaban J connectivity index is 1.69. The molecule has 1 aliphatic rings. The third-order valence-electron chi connectivity index (χ3n) is 5.30. The molecule has 0 radical (unpaired) electrons. The highest BCUT2D eigenvalue weighted by Gasteiger charge is 2.30. The molecular formula is C23H21N3. The smallest absolute Gasteiger partial charge is 0.204 e. The van der Waals surface area contributed by atoms with Crippen molar-refractivity contribution in [1.29, 1.82) is 0 Å². The fourth-order valence-electron chi connectivity index (χ4n) is 4.07. The molecule has 0 aliphatic carbocycles. The number of aryl methyl sites for hydroxylation is 1. The summed E-state index contributed by atoms with van der Waals surface area (Å²) >= 11 is 0. The van der Waals surface area contributed by atoms with E-state index in [1.54, 1.807) is 0 Å². The minimum atomic E-state index is 0.256. The number of hydrogen-bond donors (Lipinski definition) is 1. The van der Waals surface area contributed by atoms with E-state index in [9.17, 15) is 0 Å². The minimum Gasteiger partial charge on any atom is -0.349 e. The molecular weight excluding hydrogens is 318 g/mol. The molecule has 0 amide bonds. The first-order valence-corrected chi connectivity index (χ1v) is 9.14. The highest BCUT2D eigenvalue weighted by Crippen LogP contribution is 2.41. The lowest BCUT2D eigenvalue weighted by Gasteiger charge is -2.33. The maximum atomic E-state index is 4.88. The summed E-state index contributed by atoms with van der Waals surface area (Å²) in [4.78, 5) is 4.88. The number of para-hydroxylation sites is 2. The third kappa shape index (κ3) is 2.48. The summed E-state index contributed by atoms with van der Waals surface area (Å²) in [5.74, 6) is 0.956. The van der Waals surface area contributed by atoms with E-state index < -0.39 is 0 Å². The lowest BCUT2D eigenvalue weighted by Crippen LogP contribution is -2.27. The molecule has 5 rings (SSSR count). The van der Waals surface area contributed by atoms with Crippen LogP contribution in [0.2, 0.25) is 0 Å². The van der Waals surface area contributed by atoms with E-state index in [1.165, 1.54) is 22.2 Å². The van der Waals surface area contributed by atoms with Crippen LogP contribution in [0.1, 0.15) is 35.2 Å². The second-order valence-electron chi connectivity index (χ2n) is 7.07. The Bertz CT molecular complexity index is 1070. The molecule has 1 aliphatic heterocycles. The maximum Gasteiger partial charge on any atom is 0.204 e. The molecule has 1 N–H and O–H groups in total. The van der Waals surface area contributed by atoms with E-state index in [2.05, 4.69) is 95.7 Å². The van der Waals surface area contributed by atoms with Gasteiger partial charge in [-0.1, -0.05) is 72.3 Å². The number of hydrogen-bond acceptors (Lipinski definition) is 2. The minimum absolute atomic E-state index is 0.256. The van der Waals surface area contributed by atoms with Crippen LogP contribution in [0.25, 0.3) is 11.0 Å². The molecule has 4 aromatic rings. The molecule has 3 heteroatoms. The first kappa shape index (κ1) is 15.2. The second-order valence-corrected chi connectivity index (χ2v) is 7.07. The summed E-state index contributed by atoms with van der Waals surface area (Å²) < 4.78 is 2.36. The van der Waals surface area contributed by atoms with Gasteiger partial charge in [-0.25, -0.2) is 4.98 Å². The van der Waals surface area contributed by atoms with Gasteiger partial charge in [0.05, 0.1) is 23.1 Å². The highest BCUT2D eigenvalue weighted by molar-refractivity contribution is 5.79. The van der Waals surface area contributed by atoms with Crippen LogP contribution in [0.15, 0.2) is 78.9 Å². The van der Waals surface area contributed by atoms with Gasteiger partial charge in [-0.2, -0.15) is 0 Å². The highest BCUT2D eigenvalue weighted by atomic mass is 15.3. The summed E-state index contributed by atoms with van der Waals surface area (Å²) in [6.45, 7) is 2.16. The van der Waals surface area contributed by atoms with Crippen molar-refractivity contribution in [3.8, 4) is 0 Å². The second kappa shape index (κ2) is 6.03. The van der Waals surface area contributed by atoms with Crippen molar-refractivity contribution in [2.75, 3.05) is 5.32 Å². The number of anilines is 1. The van der Waals surface area contributed by atoms with Gasteiger partial charge >= 0.3 is 0 Å². The van der Waals surface area contributed by atoms with Crippen LogP contribution in [0.5, 0.6) is 0 Å². The molecule has 0 bridgehead atoms. The van der Waals surface area contributed by atoms with Crippen LogP contribution < -0.4 is 5.32 Å². The van der Waals surface area contributed by atoms with E-state index in [-0.39, 0.29) is 12.1 Å². The molecule has 2 unspecified atom stereocenters. The number of aromatic nitrogens is 2. The molecule has 26 heavy (non-hydrogen) atoms. The predicted octanol–water partition coefficient (Wildman–Crippen LogP) is 5.49. The van der Waals surface area contributed by atoms with Crippen molar-refractivity contribution >= 4 is 17.0 Å². The van der Waals surface area contributed by atoms with Crippen molar-refractivity contribution in [2.45, 2.75) is 25.4 Å². The van der Waals surface area contributed by atoms with Gasteiger partial charge < -0.3 is 9.88 Å². The van der Waals surface area contributed by atoms with E-state index in [0.717, 1.165) is 17.9 Å². The van der Waals surface area contributed by atoms with Crippen molar-refractivity contribution in [3.05, 3.63) is 95.6 Å². The number of benzene rings is 3. The first-order valence-electron chi connectivity index (χ1n) is 9.14. The van der Waals surface area contributed by atoms with Crippen LogP contribution in [0, 0.1) is 6.92 Å². The van der Waals surface area contributed by atoms with Crippen molar-refractivity contribution in [3.63, 3.8) is 0 Å². The first-order chi connectivity index (χ1) is 12.8. The summed E-state index contributed by atoms with van der Waals surface area (Å²) in [6, 6.07) is 28.5. The summed E-state index contributed by atoms with van der Waals surface area (Å²) in [5, 5.41) is 3.67. The molecule has 3 nitrogen and oxygen atoms in total. The quantitative estimate of drug-likeness (QED) is 0.523. The van der Waals surface area contributed by atoms with Crippen LogP contribution in [0.3, 0.4) is 0 Å². The van der Waals surface area contributed by atoms with Gasteiger partial charge in [-0.15, -0.1) is 0 Å². The zero-order chi connectivity index (χ0) is 17.5. The Kier molecular flexibility index (Phi) is 3.52.